The summed E-state index contributed by atoms with van der Waals surface area (Å²) in [7, 11) is 0. The summed E-state index contributed by atoms with van der Waals surface area (Å²) in [6.07, 6.45) is 4.58. The van der Waals surface area contributed by atoms with Crippen molar-refractivity contribution in [2.75, 3.05) is 16.4 Å². The largest absolute Gasteiger partial charge is 0.506 e. The highest BCUT2D eigenvalue weighted by molar-refractivity contribution is 9.10. The average Bonchev–Trinajstić information content (AvgIpc) is 3.28. The third kappa shape index (κ3) is 11.9. The van der Waals surface area contributed by atoms with E-state index in [1.165, 1.54) is 24.5 Å². The molecule has 1 aliphatic heterocycles. The van der Waals surface area contributed by atoms with Gasteiger partial charge in [0, 0.05) is 27.5 Å². The van der Waals surface area contributed by atoms with Crippen molar-refractivity contribution in [2.24, 2.45) is 0 Å². The van der Waals surface area contributed by atoms with Crippen molar-refractivity contribution in [2.45, 2.75) is 6.92 Å². The molecule has 0 fully saturated rings. The van der Waals surface area contributed by atoms with Gasteiger partial charge in [0.2, 0.25) is 5.88 Å². The molecule has 276 valence electrons. The number of anilines is 3. The van der Waals surface area contributed by atoms with Crippen molar-refractivity contribution in [3.8, 4) is 23.1 Å². The Morgan fingerprint density at radius 3 is 2.00 bits per heavy atom. The molecule has 0 bridgehead atoms. The second-order valence-corrected chi connectivity index (χ2v) is 13.6. The Bertz CT molecular complexity index is 2320. The van der Waals surface area contributed by atoms with Crippen LogP contribution in [0.4, 0.5) is 17.1 Å². The van der Waals surface area contributed by atoms with Crippen molar-refractivity contribution >= 4 is 101 Å². The molecule has 4 heterocycles. The van der Waals surface area contributed by atoms with Crippen LogP contribution in [0.25, 0.3) is 0 Å². The SMILES string of the molecule is Cc1ccc(O)c(N)c1.O=C(Cl)c1cccnc1Cl.O=C(Nc1cc(Br)ccc1O)c1cccnc1Cl.O=C1Nc2cc(Br)ccc2Oc2ncccc21. The third-order valence-corrected chi connectivity index (χ3v) is 8.57. The first-order valence-electron chi connectivity index (χ1n) is 15.2. The number of phenolic OH excluding ortho intramolecular Hbond substituents is 2. The number of aryl methyl sites for hydroxylation is 1. The number of amides is 2. The van der Waals surface area contributed by atoms with E-state index in [1.54, 1.807) is 72.9 Å². The number of fused-ring (bicyclic) bond motifs is 2. The zero-order valence-corrected chi connectivity index (χ0v) is 33.2. The first kappa shape index (κ1) is 41.5. The number of aromatic nitrogens is 3. The first-order chi connectivity index (χ1) is 25.7. The Morgan fingerprint density at radius 2 is 1.39 bits per heavy atom. The summed E-state index contributed by atoms with van der Waals surface area (Å²) < 4.78 is 7.23. The Balaban J connectivity index is 0.000000167. The van der Waals surface area contributed by atoms with Gasteiger partial charge in [-0.25, -0.2) is 15.0 Å². The van der Waals surface area contributed by atoms with Crippen LogP contribution in [0.15, 0.2) is 119 Å². The van der Waals surface area contributed by atoms with Crippen molar-refractivity contribution in [3.05, 3.63) is 151 Å². The number of carbonyl (C=O) groups is 3. The molecule has 1 aliphatic rings. The van der Waals surface area contributed by atoms with Crippen LogP contribution in [0, 0.1) is 6.92 Å². The maximum absolute atomic E-state index is 11.9. The normalized spacial score (nSPS) is 10.7. The molecule has 0 saturated carbocycles. The summed E-state index contributed by atoms with van der Waals surface area (Å²) >= 11 is 23.1. The number of aromatic hydroxyl groups is 2. The van der Waals surface area contributed by atoms with E-state index in [9.17, 15) is 19.5 Å². The van der Waals surface area contributed by atoms with Crippen LogP contribution in [0.2, 0.25) is 10.3 Å². The highest BCUT2D eigenvalue weighted by atomic mass is 79.9. The number of nitrogens with zero attached hydrogens (tertiary/aromatic N) is 3. The van der Waals surface area contributed by atoms with Crippen LogP contribution in [0.3, 0.4) is 0 Å². The number of benzene rings is 3. The van der Waals surface area contributed by atoms with Gasteiger partial charge in [-0.2, -0.15) is 0 Å². The lowest BCUT2D eigenvalue weighted by Gasteiger charge is -2.08. The van der Waals surface area contributed by atoms with E-state index < -0.39 is 11.1 Å². The van der Waals surface area contributed by atoms with Gasteiger partial charge in [0.1, 0.15) is 27.4 Å². The molecule has 0 atom stereocenters. The molecule has 0 spiro atoms. The predicted molar refractivity (Wildman–Crippen MR) is 216 cm³/mol. The van der Waals surface area contributed by atoms with Crippen LogP contribution in [-0.4, -0.2) is 42.2 Å². The lowest BCUT2D eigenvalue weighted by Crippen LogP contribution is -2.13. The number of hydrogen-bond donors (Lipinski definition) is 5. The molecule has 12 nitrogen and oxygen atoms in total. The Kier molecular flexibility index (Phi) is 15.2. The molecule has 3 aromatic carbocycles. The van der Waals surface area contributed by atoms with Crippen LogP contribution < -0.4 is 21.1 Å². The van der Waals surface area contributed by atoms with Gasteiger partial charge in [0.25, 0.3) is 17.1 Å². The van der Waals surface area contributed by atoms with Gasteiger partial charge in [-0.3, -0.25) is 14.4 Å². The van der Waals surface area contributed by atoms with Crippen LogP contribution in [0.1, 0.15) is 36.6 Å². The highest BCUT2D eigenvalue weighted by Gasteiger charge is 2.21. The monoisotopic (exact) mass is 914 g/mol. The summed E-state index contributed by atoms with van der Waals surface area (Å²) in [5.74, 6) is 0.392. The quantitative estimate of drug-likeness (QED) is 0.0495. The lowest BCUT2D eigenvalue weighted by molar-refractivity contribution is 0.101. The number of carbonyl (C=O) groups excluding carboxylic acids is 3. The smallest absolute Gasteiger partial charge is 0.261 e. The predicted octanol–water partition coefficient (Wildman–Crippen LogP) is 10.1. The van der Waals surface area contributed by atoms with Crippen LogP contribution in [0.5, 0.6) is 23.1 Å². The highest BCUT2D eigenvalue weighted by Crippen LogP contribution is 2.36. The van der Waals surface area contributed by atoms with Crippen LogP contribution in [-0.2, 0) is 0 Å². The van der Waals surface area contributed by atoms with E-state index in [2.05, 4.69) is 57.4 Å². The Labute approximate surface area is 340 Å². The van der Waals surface area contributed by atoms with Gasteiger partial charge in [-0.1, -0.05) is 61.1 Å². The lowest BCUT2D eigenvalue weighted by atomic mass is 10.2. The molecule has 0 unspecified atom stereocenters. The number of nitrogen functional groups attached to an aromatic ring is 1. The number of phenols is 2. The van der Waals surface area contributed by atoms with Gasteiger partial charge in [0.05, 0.1) is 28.2 Å². The number of pyridine rings is 3. The van der Waals surface area contributed by atoms with Gasteiger partial charge in [-0.15, -0.1) is 0 Å². The van der Waals surface area contributed by atoms with E-state index in [4.69, 9.17) is 50.4 Å². The molecular weight excluding hydrogens is 891 g/mol. The third-order valence-electron chi connectivity index (χ3n) is 6.78. The Morgan fingerprint density at radius 1 is 0.796 bits per heavy atom. The van der Waals surface area contributed by atoms with Crippen molar-refractivity contribution in [3.63, 3.8) is 0 Å². The molecule has 7 rings (SSSR count). The number of ether oxygens (including phenoxy) is 1. The van der Waals surface area contributed by atoms with E-state index in [0.29, 0.717) is 34.3 Å². The molecule has 0 radical (unpaired) electrons. The summed E-state index contributed by atoms with van der Waals surface area (Å²) in [6, 6.07) is 25.0. The molecule has 6 aromatic rings. The summed E-state index contributed by atoms with van der Waals surface area (Å²) in [5.41, 5.74) is 8.72. The summed E-state index contributed by atoms with van der Waals surface area (Å²) in [5, 5.41) is 23.6. The van der Waals surface area contributed by atoms with Gasteiger partial charge in [0.15, 0.2) is 5.75 Å². The Hall–Kier alpha value is -5.25. The fourth-order valence-corrected chi connectivity index (χ4v) is 5.52. The van der Waals surface area contributed by atoms with E-state index in [-0.39, 0.29) is 38.8 Å². The topological polar surface area (TPSA) is 190 Å². The number of hydrogen-bond acceptors (Lipinski definition) is 10. The minimum atomic E-state index is -0.585. The van der Waals surface area contributed by atoms with E-state index >= 15 is 0 Å². The molecule has 0 aliphatic carbocycles. The summed E-state index contributed by atoms with van der Waals surface area (Å²) in [6.45, 7) is 1.93. The number of rotatable bonds is 3. The molecule has 2 amide bonds. The maximum Gasteiger partial charge on any atom is 0.261 e. The second-order valence-electron chi connectivity index (χ2n) is 10.7. The van der Waals surface area contributed by atoms with Gasteiger partial charge < -0.3 is 31.3 Å². The van der Waals surface area contributed by atoms with E-state index in [0.717, 1.165) is 14.5 Å². The number of halogens is 5. The van der Waals surface area contributed by atoms with E-state index in [1.807, 2.05) is 19.1 Å². The standard InChI is InChI=1S/C12H8BrClN2O2.C12H7BrN2O2.C7H9NO.C6H3Cl2NO/c13-7-3-4-10(17)9(6-7)16-12(18)8-2-1-5-15-11(8)14;13-7-3-4-10-9(6-7)15-11(16)8-2-1-5-14-12(8)17-10;1-5-2-3-7(9)6(8)4-5;7-5-4(6(8)10)2-1-3-9-5/h1-6,17H,(H,16,18);1-6H,(H,15,16);2-4,9H,8H2,1H3;1-3H. The molecule has 3 aromatic heterocycles. The second kappa shape index (κ2) is 19.7. The zero-order valence-electron chi connectivity index (χ0n) is 27.7. The maximum atomic E-state index is 11.9. The fourth-order valence-electron chi connectivity index (χ4n) is 4.19. The van der Waals surface area contributed by atoms with Crippen molar-refractivity contribution in [1.82, 2.24) is 15.0 Å². The summed E-state index contributed by atoms with van der Waals surface area (Å²) in [4.78, 5) is 45.9. The molecular formula is C37H27Br2Cl3N6O6. The van der Waals surface area contributed by atoms with Gasteiger partial charge in [-0.05, 0) is 109 Å². The first-order valence-corrected chi connectivity index (χ1v) is 17.9. The van der Waals surface area contributed by atoms with Crippen LogP contribution >= 0.6 is 66.7 Å². The molecule has 0 saturated heterocycles. The molecule has 6 N–H and O–H groups in total. The minimum absolute atomic E-state index is 0.0217. The van der Waals surface area contributed by atoms with Crippen molar-refractivity contribution < 1.29 is 29.3 Å². The fraction of sp³-hybridized carbons (Fsp3) is 0.0270. The van der Waals surface area contributed by atoms with Gasteiger partial charge >= 0.3 is 0 Å². The number of nitrogens with two attached hydrogens (primary N) is 1. The molecule has 17 heteroatoms. The zero-order chi connectivity index (χ0) is 39.4. The average molecular weight is 918 g/mol. The minimum Gasteiger partial charge on any atom is -0.506 e. The molecule has 54 heavy (non-hydrogen) atoms. The number of nitrogens with one attached hydrogen (secondary N) is 2. The van der Waals surface area contributed by atoms with Crippen molar-refractivity contribution in [1.29, 1.82) is 0 Å².